The average molecular weight is 338 g/mol. The number of carbonyl (C=O) groups is 2. The van der Waals surface area contributed by atoms with Gasteiger partial charge in [-0.15, -0.1) is 0 Å². The van der Waals surface area contributed by atoms with Gasteiger partial charge in [0.1, 0.15) is 5.60 Å². The van der Waals surface area contributed by atoms with Gasteiger partial charge in [-0.25, -0.2) is 4.79 Å². The number of rotatable bonds is 3. The standard InChI is InChI=1S/C19H32NO4/c1-5-23-16(21)14-15-6-8-19(9-7-15)10-12-20(13-11-19)17(22)24-18(2,3)4/h10,15H,5-9,11-14H2,1-4H3. The molecule has 0 aromatic heterocycles. The van der Waals surface area contributed by atoms with E-state index in [2.05, 4.69) is 6.42 Å². The summed E-state index contributed by atoms with van der Waals surface area (Å²) in [5, 5.41) is 0. The summed E-state index contributed by atoms with van der Waals surface area (Å²) >= 11 is 0. The zero-order chi connectivity index (χ0) is 17.8. The average Bonchev–Trinajstić information content (AvgIpc) is 2.49. The smallest absolute Gasteiger partial charge is 0.410 e. The van der Waals surface area contributed by atoms with Crippen LogP contribution in [0.3, 0.4) is 0 Å². The lowest BCUT2D eigenvalue weighted by Gasteiger charge is -2.45. The van der Waals surface area contributed by atoms with E-state index in [0.717, 1.165) is 38.6 Å². The van der Waals surface area contributed by atoms with Gasteiger partial charge in [0.2, 0.25) is 0 Å². The van der Waals surface area contributed by atoms with Gasteiger partial charge in [-0.05, 0) is 77.6 Å². The summed E-state index contributed by atoms with van der Waals surface area (Å²) in [5.41, 5.74) is -0.207. The molecule has 0 unspecified atom stereocenters. The molecule has 24 heavy (non-hydrogen) atoms. The highest BCUT2D eigenvalue weighted by Gasteiger charge is 2.40. The fraction of sp³-hybridized carbons (Fsp3) is 0.842. The lowest BCUT2D eigenvalue weighted by Crippen LogP contribution is -2.46. The van der Waals surface area contributed by atoms with Gasteiger partial charge in [0.05, 0.1) is 6.61 Å². The van der Waals surface area contributed by atoms with E-state index in [4.69, 9.17) is 9.47 Å². The molecule has 1 spiro atoms. The van der Waals surface area contributed by atoms with Crippen molar-refractivity contribution < 1.29 is 19.1 Å². The Morgan fingerprint density at radius 3 is 2.38 bits per heavy atom. The van der Waals surface area contributed by atoms with Crippen molar-refractivity contribution in [2.24, 2.45) is 11.3 Å². The molecule has 1 heterocycles. The van der Waals surface area contributed by atoms with Crippen molar-refractivity contribution in [1.29, 1.82) is 0 Å². The number of amides is 1. The quantitative estimate of drug-likeness (QED) is 0.731. The summed E-state index contributed by atoms with van der Waals surface area (Å²) in [4.78, 5) is 25.6. The van der Waals surface area contributed by atoms with Gasteiger partial charge in [0.15, 0.2) is 0 Å². The molecular formula is C19H32NO4. The first-order chi connectivity index (χ1) is 11.2. The lowest BCUT2D eigenvalue weighted by molar-refractivity contribution is -0.144. The van der Waals surface area contributed by atoms with Crippen molar-refractivity contribution in [3.05, 3.63) is 6.42 Å². The Balaban J connectivity index is 1.76. The number of piperidine rings is 1. The molecule has 2 rings (SSSR count). The first-order valence-corrected chi connectivity index (χ1v) is 9.21. The molecule has 0 aromatic carbocycles. The second-order valence-electron chi connectivity index (χ2n) is 8.20. The van der Waals surface area contributed by atoms with E-state index in [1.165, 1.54) is 0 Å². The molecule has 1 saturated carbocycles. The maximum atomic E-state index is 12.2. The summed E-state index contributed by atoms with van der Waals surface area (Å²) in [6, 6.07) is 0. The molecule has 0 atom stereocenters. The maximum absolute atomic E-state index is 12.2. The summed E-state index contributed by atoms with van der Waals surface area (Å²) in [6.07, 6.45) is 8.00. The summed E-state index contributed by atoms with van der Waals surface area (Å²) in [5.74, 6) is 0.383. The van der Waals surface area contributed by atoms with Gasteiger partial charge in [0.25, 0.3) is 0 Å². The molecule has 1 aliphatic carbocycles. The molecule has 2 fully saturated rings. The molecule has 1 aliphatic heterocycles. The molecule has 1 radical (unpaired) electrons. The third-order valence-corrected chi connectivity index (χ3v) is 5.14. The summed E-state index contributed by atoms with van der Waals surface area (Å²) < 4.78 is 10.5. The first-order valence-electron chi connectivity index (χ1n) is 9.21. The van der Waals surface area contributed by atoms with Crippen molar-refractivity contribution in [3.63, 3.8) is 0 Å². The van der Waals surface area contributed by atoms with Crippen LogP contribution >= 0.6 is 0 Å². The van der Waals surface area contributed by atoms with Crippen LogP contribution in [-0.4, -0.2) is 42.3 Å². The molecule has 0 N–H and O–H groups in total. The fourth-order valence-electron chi connectivity index (χ4n) is 3.71. The van der Waals surface area contributed by atoms with Crippen LogP contribution in [0.4, 0.5) is 4.79 Å². The van der Waals surface area contributed by atoms with Crippen molar-refractivity contribution in [2.75, 3.05) is 19.7 Å². The van der Waals surface area contributed by atoms with Crippen LogP contribution in [0.1, 0.15) is 66.2 Å². The van der Waals surface area contributed by atoms with Gasteiger partial charge < -0.3 is 14.4 Å². The predicted molar refractivity (Wildman–Crippen MR) is 92.4 cm³/mol. The van der Waals surface area contributed by atoms with Crippen molar-refractivity contribution in [3.8, 4) is 0 Å². The molecule has 5 heteroatoms. The van der Waals surface area contributed by atoms with Crippen LogP contribution in [0.25, 0.3) is 0 Å². The number of carbonyl (C=O) groups excluding carboxylic acids is 2. The van der Waals surface area contributed by atoms with Crippen LogP contribution < -0.4 is 0 Å². The number of likely N-dealkylation sites (tertiary alicyclic amines) is 1. The molecule has 0 aromatic rings. The zero-order valence-electron chi connectivity index (χ0n) is 15.6. The number of nitrogens with zero attached hydrogens (tertiary/aromatic N) is 1. The van der Waals surface area contributed by atoms with E-state index in [1.807, 2.05) is 27.7 Å². The lowest BCUT2D eigenvalue weighted by atomic mass is 9.65. The minimum Gasteiger partial charge on any atom is -0.466 e. The topological polar surface area (TPSA) is 55.8 Å². The monoisotopic (exact) mass is 338 g/mol. The number of ether oxygens (including phenoxy) is 2. The van der Waals surface area contributed by atoms with Crippen molar-refractivity contribution in [2.45, 2.75) is 71.8 Å². The van der Waals surface area contributed by atoms with E-state index in [9.17, 15) is 9.59 Å². The molecule has 2 aliphatic rings. The third kappa shape index (κ3) is 5.38. The maximum Gasteiger partial charge on any atom is 0.410 e. The third-order valence-electron chi connectivity index (χ3n) is 5.14. The van der Waals surface area contributed by atoms with E-state index in [0.29, 0.717) is 25.5 Å². The molecule has 5 nitrogen and oxygen atoms in total. The molecule has 1 saturated heterocycles. The van der Waals surface area contributed by atoms with Gasteiger partial charge >= 0.3 is 12.1 Å². The van der Waals surface area contributed by atoms with Gasteiger partial charge in [-0.3, -0.25) is 4.79 Å². The summed E-state index contributed by atoms with van der Waals surface area (Å²) in [6.45, 7) is 9.41. The first kappa shape index (κ1) is 19.1. The van der Waals surface area contributed by atoms with Crippen LogP contribution in [0.5, 0.6) is 0 Å². The molecule has 1 amide bonds. The zero-order valence-corrected chi connectivity index (χ0v) is 15.6. The fourth-order valence-corrected chi connectivity index (χ4v) is 3.71. The van der Waals surface area contributed by atoms with Crippen LogP contribution in [-0.2, 0) is 14.3 Å². The van der Waals surface area contributed by atoms with Crippen molar-refractivity contribution >= 4 is 12.1 Å². The molecular weight excluding hydrogens is 306 g/mol. The van der Waals surface area contributed by atoms with Gasteiger partial charge in [-0.1, -0.05) is 0 Å². The Hall–Kier alpha value is -1.26. The van der Waals surface area contributed by atoms with Gasteiger partial charge in [0, 0.05) is 19.5 Å². The van der Waals surface area contributed by atoms with Crippen molar-refractivity contribution in [1.82, 2.24) is 4.90 Å². The summed E-state index contributed by atoms with van der Waals surface area (Å²) in [7, 11) is 0. The van der Waals surface area contributed by atoms with E-state index in [-0.39, 0.29) is 17.5 Å². The molecule has 0 bridgehead atoms. The minimum absolute atomic E-state index is 0.0674. The Kier molecular flexibility index (Phi) is 6.16. The highest BCUT2D eigenvalue weighted by molar-refractivity contribution is 5.69. The van der Waals surface area contributed by atoms with E-state index in [1.54, 1.807) is 4.90 Å². The van der Waals surface area contributed by atoms with Gasteiger partial charge in [-0.2, -0.15) is 0 Å². The number of esters is 1. The number of hydrogen-bond acceptors (Lipinski definition) is 4. The minimum atomic E-state index is -0.447. The second kappa shape index (κ2) is 7.75. The second-order valence-corrected chi connectivity index (χ2v) is 8.20. The Morgan fingerprint density at radius 2 is 1.88 bits per heavy atom. The normalized spacial score (nSPS) is 21.6. The number of hydrogen-bond donors (Lipinski definition) is 0. The molecule has 137 valence electrons. The van der Waals surface area contributed by atoms with E-state index >= 15 is 0 Å². The Labute approximate surface area is 146 Å². The predicted octanol–water partition coefficient (Wildman–Crippen LogP) is 3.96. The highest BCUT2D eigenvalue weighted by atomic mass is 16.6. The van der Waals surface area contributed by atoms with Crippen LogP contribution in [0.2, 0.25) is 0 Å². The van der Waals surface area contributed by atoms with E-state index < -0.39 is 5.60 Å². The largest absolute Gasteiger partial charge is 0.466 e. The van der Waals surface area contributed by atoms with Crippen LogP contribution in [0.15, 0.2) is 0 Å². The van der Waals surface area contributed by atoms with Crippen LogP contribution in [0, 0.1) is 17.8 Å². The SMILES string of the molecule is CCOC(=O)CC1CCC2([CH]CN(C(=O)OC(C)(C)C)CC2)CC1. The highest BCUT2D eigenvalue weighted by Crippen LogP contribution is 2.46. The Bertz CT molecular complexity index is 437. The Morgan fingerprint density at radius 1 is 1.21 bits per heavy atom.